The number of alkyl halides is 1. The Kier molecular flexibility index (Phi) is 5.21. The molecule has 0 fully saturated rings. The number of carbonyl (C=O) groups is 1. The summed E-state index contributed by atoms with van der Waals surface area (Å²) in [5.74, 6) is -0.319. The maximum absolute atomic E-state index is 12.2. The fourth-order valence-electron chi connectivity index (χ4n) is 1.24. The topological polar surface area (TPSA) is 76.1 Å². The van der Waals surface area contributed by atoms with E-state index in [9.17, 15) is 17.6 Å². The third kappa shape index (κ3) is 3.76. The maximum atomic E-state index is 12.2. The number of halogens is 1. The molecule has 1 rings (SSSR count). The van der Waals surface area contributed by atoms with Gasteiger partial charge in [-0.15, -0.1) is 0 Å². The lowest BCUT2D eigenvalue weighted by atomic mass is 10.2. The van der Waals surface area contributed by atoms with Crippen molar-refractivity contribution in [1.29, 1.82) is 0 Å². The molecule has 0 unspecified atom stereocenters. The van der Waals surface area contributed by atoms with Gasteiger partial charge >= 0.3 is 0 Å². The summed E-state index contributed by atoms with van der Waals surface area (Å²) in [6, 6.07) is 0.947. The Labute approximate surface area is 105 Å². The summed E-state index contributed by atoms with van der Waals surface area (Å²) in [6.07, 6.45) is 2.96. The third-order valence-corrected chi connectivity index (χ3v) is 3.44. The van der Waals surface area contributed by atoms with Crippen LogP contribution >= 0.6 is 0 Å². The van der Waals surface area contributed by atoms with Crippen molar-refractivity contribution in [2.45, 2.75) is 24.8 Å². The second kappa shape index (κ2) is 6.44. The number of nitrogens with one attached hydrogen (secondary N) is 1. The van der Waals surface area contributed by atoms with Gasteiger partial charge in [0.25, 0.3) is 5.91 Å². The van der Waals surface area contributed by atoms with E-state index < -0.39 is 15.8 Å². The van der Waals surface area contributed by atoms with Crippen LogP contribution in [-0.2, 0) is 9.84 Å². The van der Waals surface area contributed by atoms with Gasteiger partial charge in [0, 0.05) is 12.7 Å². The van der Waals surface area contributed by atoms with E-state index in [4.69, 9.17) is 0 Å². The molecular formula is C11H15FN2O3S. The molecule has 0 aliphatic heterocycles. The first kappa shape index (κ1) is 14.6. The molecule has 0 saturated heterocycles. The van der Waals surface area contributed by atoms with Gasteiger partial charge in [-0.05, 0) is 18.6 Å². The van der Waals surface area contributed by atoms with Crippen LogP contribution in [0.1, 0.15) is 30.1 Å². The summed E-state index contributed by atoms with van der Waals surface area (Å²) in [7, 11) is -3.97. The van der Waals surface area contributed by atoms with Crippen molar-refractivity contribution in [3.8, 4) is 0 Å². The van der Waals surface area contributed by atoms with Crippen molar-refractivity contribution in [3.63, 3.8) is 0 Å². The van der Waals surface area contributed by atoms with E-state index in [1.54, 1.807) is 0 Å². The van der Waals surface area contributed by atoms with E-state index in [-0.39, 0.29) is 16.5 Å². The molecule has 0 spiro atoms. The molecule has 1 aromatic rings. The van der Waals surface area contributed by atoms with Crippen LogP contribution < -0.4 is 5.32 Å². The van der Waals surface area contributed by atoms with Gasteiger partial charge in [-0.25, -0.2) is 17.8 Å². The van der Waals surface area contributed by atoms with Gasteiger partial charge in [0.15, 0.2) is 11.0 Å². The van der Waals surface area contributed by atoms with Crippen LogP contribution in [0.3, 0.4) is 0 Å². The molecule has 100 valence electrons. The fraction of sp³-hybridized carbons (Fsp3) is 0.455. The summed E-state index contributed by atoms with van der Waals surface area (Å²) >= 11 is 0. The lowest BCUT2D eigenvalue weighted by molar-refractivity contribution is 0.0952. The summed E-state index contributed by atoms with van der Waals surface area (Å²) in [4.78, 5) is 15.2. The molecule has 1 heterocycles. The van der Waals surface area contributed by atoms with Crippen molar-refractivity contribution in [2.75, 3.05) is 12.6 Å². The number of carbonyl (C=O) groups excluding carboxylic acids is 1. The highest BCUT2D eigenvalue weighted by molar-refractivity contribution is 7.91. The molecule has 0 atom stereocenters. The van der Waals surface area contributed by atoms with Crippen molar-refractivity contribution < 1.29 is 17.6 Å². The Balaban J connectivity index is 2.74. The highest BCUT2D eigenvalue weighted by Gasteiger charge is 2.16. The van der Waals surface area contributed by atoms with Crippen molar-refractivity contribution in [1.82, 2.24) is 10.3 Å². The SMILES string of the molecule is CCCCNC(=O)c1ccc(S(=O)(=O)CF)nc1. The Bertz CT molecular complexity index is 500. The smallest absolute Gasteiger partial charge is 0.252 e. The normalized spacial score (nSPS) is 11.2. The predicted octanol–water partition coefficient (Wildman–Crippen LogP) is 1.31. The Morgan fingerprint density at radius 2 is 2.17 bits per heavy atom. The molecule has 1 aromatic heterocycles. The second-order valence-corrected chi connectivity index (χ2v) is 5.58. The molecule has 0 bridgehead atoms. The number of rotatable bonds is 6. The Hall–Kier alpha value is -1.50. The number of nitrogens with zero attached hydrogens (tertiary/aromatic N) is 1. The largest absolute Gasteiger partial charge is 0.352 e. The van der Waals surface area contributed by atoms with E-state index in [1.165, 1.54) is 6.07 Å². The Morgan fingerprint density at radius 1 is 1.44 bits per heavy atom. The highest BCUT2D eigenvalue weighted by Crippen LogP contribution is 2.09. The zero-order chi connectivity index (χ0) is 13.6. The van der Waals surface area contributed by atoms with Crippen LogP contribution in [0.4, 0.5) is 4.39 Å². The molecule has 18 heavy (non-hydrogen) atoms. The molecule has 1 N–H and O–H groups in total. The van der Waals surface area contributed by atoms with Crippen molar-refractivity contribution >= 4 is 15.7 Å². The van der Waals surface area contributed by atoms with Gasteiger partial charge in [-0.3, -0.25) is 4.79 Å². The van der Waals surface area contributed by atoms with Gasteiger partial charge < -0.3 is 5.32 Å². The first-order chi connectivity index (χ1) is 8.51. The summed E-state index contributed by atoms with van der Waals surface area (Å²) in [5, 5.41) is 2.30. The summed E-state index contributed by atoms with van der Waals surface area (Å²) in [6.45, 7) is 2.56. The first-order valence-electron chi connectivity index (χ1n) is 5.54. The summed E-state index contributed by atoms with van der Waals surface area (Å²) < 4.78 is 34.5. The van der Waals surface area contributed by atoms with Crippen LogP contribution in [0.15, 0.2) is 23.4 Å². The minimum absolute atomic E-state index is 0.254. The number of unbranched alkanes of at least 4 members (excludes halogenated alkanes) is 1. The highest BCUT2D eigenvalue weighted by atomic mass is 32.2. The zero-order valence-corrected chi connectivity index (χ0v) is 10.8. The minimum Gasteiger partial charge on any atom is -0.352 e. The van der Waals surface area contributed by atoms with Crippen molar-refractivity contribution in [2.24, 2.45) is 0 Å². The van der Waals surface area contributed by atoms with Crippen LogP contribution in [-0.4, -0.2) is 31.9 Å². The van der Waals surface area contributed by atoms with Gasteiger partial charge in [-0.2, -0.15) is 0 Å². The number of amides is 1. The third-order valence-electron chi connectivity index (χ3n) is 2.28. The fourth-order valence-corrected chi connectivity index (χ4v) is 1.84. The van der Waals surface area contributed by atoms with Crippen LogP contribution in [0.2, 0.25) is 0 Å². The van der Waals surface area contributed by atoms with E-state index in [0.29, 0.717) is 6.54 Å². The van der Waals surface area contributed by atoms with Crippen LogP contribution in [0.25, 0.3) is 0 Å². The van der Waals surface area contributed by atoms with E-state index >= 15 is 0 Å². The summed E-state index contributed by atoms with van der Waals surface area (Å²) in [5.41, 5.74) is 0.254. The average Bonchev–Trinajstić information content (AvgIpc) is 2.39. The second-order valence-electron chi connectivity index (χ2n) is 3.72. The van der Waals surface area contributed by atoms with Gasteiger partial charge in [0.2, 0.25) is 9.84 Å². The number of hydrogen-bond acceptors (Lipinski definition) is 4. The number of hydrogen-bond donors (Lipinski definition) is 1. The lowest BCUT2D eigenvalue weighted by Gasteiger charge is -2.04. The molecule has 1 amide bonds. The molecule has 0 aliphatic carbocycles. The molecule has 0 aromatic carbocycles. The molecule has 7 heteroatoms. The Morgan fingerprint density at radius 3 is 2.67 bits per heavy atom. The number of sulfone groups is 1. The van der Waals surface area contributed by atoms with E-state index in [0.717, 1.165) is 25.1 Å². The molecule has 5 nitrogen and oxygen atoms in total. The lowest BCUT2D eigenvalue weighted by Crippen LogP contribution is -2.24. The van der Waals surface area contributed by atoms with Gasteiger partial charge in [0.05, 0.1) is 5.56 Å². The average molecular weight is 274 g/mol. The number of pyridine rings is 1. The maximum Gasteiger partial charge on any atom is 0.252 e. The van der Waals surface area contributed by atoms with Gasteiger partial charge in [0.1, 0.15) is 0 Å². The molecule has 0 saturated carbocycles. The van der Waals surface area contributed by atoms with E-state index in [2.05, 4.69) is 10.3 Å². The zero-order valence-electron chi connectivity index (χ0n) is 10.0. The molecule has 0 aliphatic rings. The van der Waals surface area contributed by atoms with Crippen molar-refractivity contribution in [3.05, 3.63) is 23.9 Å². The van der Waals surface area contributed by atoms with Crippen LogP contribution in [0, 0.1) is 0 Å². The quantitative estimate of drug-likeness (QED) is 0.794. The van der Waals surface area contributed by atoms with E-state index in [1.807, 2.05) is 6.92 Å². The first-order valence-corrected chi connectivity index (χ1v) is 7.19. The standard InChI is InChI=1S/C11H15FN2O3S/c1-2-3-6-13-11(15)9-4-5-10(14-7-9)18(16,17)8-12/h4-5,7H,2-3,6,8H2,1H3,(H,13,15). The monoisotopic (exact) mass is 274 g/mol. The predicted molar refractivity (Wildman–Crippen MR) is 64.6 cm³/mol. The van der Waals surface area contributed by atoms with Crippen LogP contribution in [0.5, 0.6) is 0 Å². The number of aromatic nitrogens is 1. The van der Waals surface area contributed by atoms with Gasteiger partial charge in [-0.1, -0.05) is 13.3 Å². The molecule has 0 radical (unpaired) electrons. The minimum atomic E-state index is -3.97. The molecular weight excluding hydrogens is 259 g/mol.